The molecule has 0 aromatic carbocycles. The molecule has 2 saturated heterocycles. The molecular formula is C31H55ClO6Si. The highest BCUT2D eigenvalue weighted by Crippen LogP contribution is 2.46. The van der Waals surface area contributed by atoms with E-state index in [9.17, 15) is 4.79 Å². The van der Waals surface area contributed by atoms with Gasteiger partial charge >= 0.3 is 5.97 Å². The minimum Gasteiger partial charge on any atom is -0.457 e. The molecule has 39 heavy (non-hydrogen) atoms. The predicted octanol–water partition coefficient (Wildman–Crippen LogP) is 8.44. The number of hydrogen-bond donors (Lipinski definition) is 0. The zero-order valence-electron chi connectivity index (χ0n) is 26.6. The van der Waals surface area contributed by atoms with Gasteiger partial charge in [-0.25, -0.2) is 4.79 Å². The summed E-state index contributed by atoms with van der Waals surface area (Å²) in [6.07, 6.45) is 6.42. The van der Waals surface area contributed by atoms with Crippen molar-refractivity contribution in [1.29, 1.82) is 0 Å². The quantitative estimate of drug-likeness (QED) is 0.130. The zero-order valence-corrected chi connectivity index (χ0v) is 28.3. The van der Waals surface area contributed by atoms with Gasteiger partial charge in [0.05, 0.1) is 18.8 Å². The van der Waals surface area contributed by atoms with Gasteiger partial charge in [0.1, 0.15) is 17.8 Å². The summed E-state index contributed by atoms with van der Waals surface area (Å²) < 4.78 is 31.5. The van der Waals surface area contributed by atoms with Crippen LogP contribution >= 0.6 is 11.6 Å². The minimum atomic E-state index is -2.11. The molecule has 0 saturated carbocycles. The van der Waals surface area contributed by atoms with Crippen molar-refractivity contribution in [3.05, 3.63) is 22.8 Å². The van der Waals surface area contributed by atoms with E-state index in [0.29, 0.717) is 41.6 Å². The van der Waals surface area contributed by atoms with Crippen LogP contribution in [0.15, 0.2) is 22.8 Å². The number of esters is 1. The molecule has 6 nitrogen and oxygen atoms in total. The van der Waals surface area contributed by atoms with E-state index < -0.39 is 19.7 Å². The maximum atomic E-state index is 12.2. The standard InChI is InChI=1S/C31H55ClO6Si/c1-20(2)39(21(3)4,22(5)6)38-26-18-25(35-28(26)27-19-34-31(11,12)36-27)17-16-24(32)15-13-14-23(7)29(33)37-30(8,9)10/h14-15,20-22,25-28H,13,16-19H2,1-12H3/b23-14+,24-15-/t25-,26-,27+,28+/m1/s1. The summed E-state index contributed by atoms with van der Waals surface area (Å²) in [4.78, 5) is 12.2. The van der Waals surface area contributed by atoms with Crippen molar-refractivity contribution < 1.29 is 28.2 Å². The van der Waals surface area contributed by atoms with Crippen molar-refractivity contribution >= 4 is 25.9 Å². The fourth-order valence-corrected chi connectivity index (χ4v) is 11.9. The number of ether oxygens (including phenoxy) is 4. The Kier molecular flexibility index (Phi) is 12.4. The molecule has 0 aromatic heterocycles. The van der Waals surface area contributed by atoms with Gasteiger partial charge in [-0.05, 0) is 77.4 Å². The van der Waals surface area contributed by atoms with Gasteiger partial charge in [-0.2, -0.15) is 0 Å². The summed E-state index contributed by atoms with van der Waals surface area (Å²) in [5, 5.41) is 0.768. The monoisotopic (exact) mass is 586 g/mol. The van der Waals surface area contributed by atoms with E-state index in [1.807, 2.05) is 46.8 Å². The molecule has 0 N–H and O–H groups in total. The molecule has 0 radical (unpaired) electrons. The molecule has 8 heteroatoms. The Morgan fingerprint density at radius 2 is 1.67 bits per heavy atom. The first-order valence-electron chi connectivity index (χ1n) is 14.8. The Balaban J connectivity index is 2.09. The van der Waals surface area contributed by atoms with E-state index in [2.05, 4.69) is 41.5 Å². The van der Waals surface area contributed by atoms with Crippen LogP contribution in [-0.2, 0) is 28.2 Å². The third-order valence-corrected chi connectivity index (χ3v) is 14.3. The SMILES string of the molecule is C/C(=C\C/C=C(\Cl)CC[C@@H]1C[C@@H](O[Si](C(C)C)(C(C)C)C(C)C)[C@@H]([C@@H]2COC(C)(C)O2)O1)C(=O)OC(C)(C)C. The number of halogens is 1. The molecule has 0 aliphatic carbocycles. The molecule has 0 aromatic rings. The summed E-state index contributed by atoms with van der Waals surface area (Å²) in [6.45, 7) is 25.7. The first kappa shape index (κ1) is 34.5. The van der Waals surface area contributed by atoms with Crippen LogP contribution in [0.25, 0.3) is 0 Å². The lowest BCUT2D eigenvalue weighted by molar-refractivity contribution is -0.160. The lowest BCUT2D eigenvalue weighted by Gasteiger charge is -2.45. The topological polar surface area (TPSA) is 63.2 Å². The van der Waals surface area contributed by atoms with Gasteiger partial charge in [0, 0.05) is 17.0 Å². The summed E-state index contributed by atoms with van der Waals surface area (Å²) in [5.74, 6) is -0.912. The number of allylic oxidation sites excluding steroid dienone is 3. The highest BCUT2D eigenvalue weighted by molar-refractivity contribution is 6.77. The van der Waals surface area contributed by atoms with Crippen molar-refractivity contribution in [3.63, 3.8) is 0 Å². The molecular weight excluding hydrogens is 532 g/mol. The van der Waals surface area contributed by atoms with E-state index in [1.165, 1.54) is 0 Å². The zero-order chi connectivity index (χ0) is 29.8. The summed E-state index contributed by atoms with van der Waals surface area (Å²) in [5.41, 5.74) is 1.55. The number of rotatable bonds is 12. The second-order valence-electron chi connectivity index (χ2n) is 13.6. The van der Waals surface area contributed by atoms with Gasteiger partial charge in [0.15, 0.2) is 5.79 Å². The van der Waals surface area contributed by atoms with Gasteiger partial charge < -0.3 is 23.4 Å². The van der Waals surface area contributed by atoms with Gasteiger partial charge in [0.2, 0.25) is 8.32 Å². The maximum Gasteiger partial charge on any atom is 0.333 e. The van der Waals surface area contributed by atoms with E-state index in [4.69, 9.17) is 35.0 Å². The molecule has 226 valence electrons. The lowest BCUT2D eigenvalue weighted by atomic mass is 10.0. The Morgan fingerprint density at radius 3 is 2.15 bits per heavy atom. The van der Waals surface area contributed by atoms with Gasteiger partial charge in [-0.3, -0.25) is 0 Å². The molecule has 2 aliphatic rings. The average molecular weight is 587 g/mol. The molecule has 2 rings (SSSR count). The largest absolute Gasteiger partial charge is 0.457 e. The van der Waals surface area contributed by atoms with E-state index in [0.717, 1.165) is 17.9 Å². The van der Waals surface area contributed by atoms with E-state index >= 15 is 0 Å². The van der Waals surface area contributed by atoms with Gasteiger partial charge in [-0.1, -0.05) is 65.3 Å². The van der Waals surface area contributed by atoms with Crippen molar-refractivity contribution in [2.45, 2.75) is 161 Å². The molecule has 2 fully saturated rings. The highest BCUT2D eigenvalue weighted by atomic mass is 35.5. The third-order valence-electron chi connectivity index (χ3n) is 7.86. The van der Waals surface area contributed by atoms with Crippen LogP contribution in [0.5, 0.6) is 0 Å². The third kappa shape index (κ3) is 9.68. The molecule has 0 spiro atoms. The average Bonchev–Trinajstić information content (AvgIpc) is 3.36. The Morgan fingerprint density at radius 1 is 1.08 bits per heavy atom. The Hall–Kier alpha value is -0.703. The van der Waals surface area contributed by atoms with Crippen molar-refractivity contribution in [1.82, 2.24) is 0 Å². The first-order chi connectivity index (χ1) is 17.9. The van der Waals surface area contributed by atoms with Crippen LogP contribution in [-0.4, -0.2) is 56.7 Å². The number of hydrogen-bond acceptors (Lipinski definition) is 6. The fourth-order valence-electron chi connectivity index (χ4n) is 6.14. The van der Waals surface area contributed by atoms with Crippen molar-refractivity contribution in [2.75, 3.05) is 6.61 Å². The van der Waals surface area contributed by atoms with Crippen LogP contribution < -0.4 is 0 Å². The normalized spacial score (nSPS) is 26.8. The van der Waals surface area contributed by atoms with Crippen molar-refractivity contribution in [2.24, 2.45) is 0 Å². The van der Waals surface area contributed by atoms with Gasteiger partial charge in [0.25, 0.3) is 0 Å². The molecule has 0 amide bonds. The predicted molar refractivity (Wildman–Crippen MR) is 161 cm³/mol. The molecule has 4 atom stereocenters. The van der Waals surface area contributed by atoms with Crippen LogP contribution in [0, 0.1) is 0 Å². The molecule has 0 bridgehead atoms. The smallest absolute Gasteiger partial charge is 0.333 e. The number of carbonyl (C=O) groups is 1. The second-order valence-corrected chi connectivity index (χ2v) is 19.5. The first-order valence-corrected chi connectivity index (χ1v) is 17.3. The summed E-state index contributed by atoms with van der Waals surface area (Å²) in [7, 11) is -2.11. The Labute approximate surface area is 244 Å². The number of carbonyl (C=O) groups excluding carboxylic acids is 1. The summed E-state index contributed by atoms with van der Waals surface area (Å²) >= 11 is 6.59. The second kappa shape index (κ2) is 14.0. The minimum absolute atomic E-state index is 0.0291. The van der Waals surface area contributed by atoms with Gasteiger partial charge in [-0.15, -0.1) is 0 Å². The molecule has 2 heterocycles. The Bertz CT molecular complexity index is 851. The highest BCUT2D eigenvalue weighted by Gasteiger charge is 2.52. The summed E-state index contributed by atoms with van der Waals surface area (Å²) in [6, 6.07) is 0. The maximum absolute atomic E-state index is 12.2. The van der Waals surface area contributed by atoms with Crippen LogP contribution in [0.4, 0.5) is 0 Å². The van der Waals surface area contributed by atoms with E-state index in [-0.39, 0.29) is 30.4 Å². The molecule has 0 unspecified atom stereocenters. The van der Waals surface area contributed by atoms with Crippen LogP contribution in [0.2, 0.25) is 16.6 Å². The lowest BCUT2D eigenvalue weighted by Crippen LogP contribution is -2.53. The van der Waals surface area contributed by atoms with Crippen LogP contribution in [0.1, 0.15) is 109 Å². The van der Waals surface area contributed by atoms with Crippen LogP contribution in [0.3, 0.4) is 0 Å². The van der Waals surface area contributed by atoms with Crippen molar-refractivity contribution in [3.8, 4) is 0 Å². The fraction of sp³-hybridized carbons (Fsp3) is 0.839. The van der Waals surface area contributed by atoms with E-state index in [1.54, 1.807) is 6.92 Å². The molecule has 2 aliphatic heterocycles.